The number of esters is 1. The molecule has 2 fully saturated rings. The molecule has 0 aromatic carbocycles. The van der Waals surface area contributed by atoms with Crippen LogP contribution < -0.4 is 0 Å². The van der Waals surface area contributed by atoms with Gasteiger partial charge in [-0.05, 0) is 19.8 Å². The lowest BCUT2D eigenvalue weighted by molar-refractivity contribution is -0.158. The van der Waals surface area contributed by atoms with Gasteiger partial charge in [0, 0.05) is 11.5 Å². The van der Waals surface area contributed by atoms with Gasteiger partial charge in [0.05, 0.1) is 18.1 Å². The quantitative estimate of drug-likeness (QED) is 0.462. The number of hydrogen-bond donors (Lipinski definition) is 1. The van der Waals surface area contributed by atoms with Gasteiger partial charge in [-0.3, -0.25) is 9.69 Å². The van der Waals surface area contributed by atoms with Crippen molar-refractivity contribution in [3.63, 3.8) is 0 Å². The molecule has 3 aliphatic rings. The Kier molecular flexibility index (Phi) is 4.29. The Bertz CT molecular complexity index is 538. The Morgan fingerprint density at radius 2 is 2.45 bits per heavy atom. The minimum Gasteiger partial charge on any atom is -0.457 e. The Labute approximate surface area is 133 Å². The first-order valence-electron chi connectivity index (χ1n) is 7.37. The third-order valence-electron chi connectivity index (χ3n) is 4.07. The highest BCUT2D eigenvalue weighted by atomic mass is 32.2. The molecule has 1 N–H and O–H groups in total. The number of β-lactam (4-membered cyclic amide) rings is 1. The molecule has 6 nitrogen and oxygen atoms in total. The molecule has 0 aromatic heterocycles. The number of ether oxygens (including phenoxy) is 2. The third kappa shape index (κ3) is 2.37. The minimum atomic E-state index is -0.740. The Morgan fingerprint density at radius 3 is 3.05 bits per heavy atom. The fraction of sp³-hybridized carbons (Fsp3) is 0.600. The molecule has 0 aliphatic carbocycles. The van der Waals surface area contributed by atoms with Crippen LogP contribution in [-0.2, 0) is 19.1 Å². The summed E-state index contributed by atoms with van der Waals surface area (Å²) in [4.78, 5) is 26.8. The van der Waals surface area contributed by atoms with Gasteiger partial charge in [-0.25, -0.2) is 4.79 Å². The second-order valence-electron chi connectivity index (χ2n) is 5.58. The van der Waals surface area contributed by atoms with Crippen molar-refractivity contribution in [2.24, 2.45) is 5.92 Å². The summed E-state index contributed by atoms with van der Waals surface area (Å²) in [5, 5.41) is 9.53. The average molecular weight is 325 g/mol. The number of aliphatic hydroxyl groups is 1. The lowest BCUT2D eigenvalue weighted by Gasteiger charge is -2.43. The van der Waals surface area contributed by atoms with E-state index in [1.165, 1.54) is 22.7 Å². The Hall–Kier alpha value is -1.31. The normalized spacial score (nSPS) is 31.8. The first-order chi connectivity index (χ1) is 10.6. The zero-order chi connectivity index (χ0) is 15.9. The van der Waals surface area contributed by atoms with E-state index in [0.29, 0.717) is 6.61 Å². The number of hydrogen-bond acceptors (Lipinski definition) is 6. The highest BCUT2D eigenvalue weighted by Gasteiger charge is 2.58. The molecule has 7 heteroatoms. The van der Waals surface area contributed by atoms with Crippen molar-refractivity contribution in [3.05, 3.63) is 23.3 Å². The Balaban J connectivity index is 1.88. The van der Waals surface area contributed by atoms with E-state index in [1.807, 2.05) is 0 Å². The molecular formula is C15H19NO5S. The molecule has 3 aliphatic heterocycles. The summed E-state index contributed by atoms with van der Waals surface area (Å²) in [5.74, 6) is -1.24. The topological polar surface area (TPSA) is 76.1 Å². The zero-order valence-electron chi connectivity index (χ0n) is 12.4. The molecule has 22 heavy (non-hydrogen) atoms. The van der Waals surface area contributed by atoms with Gasteiger partial charge in [-0.1, -0.05) is 24.4 Å². The van der Waals surface area contributed by atoms with E-state index in [-0.39, 0.29) is 29.7 Å². The maximum atomic E-state index is 12.3. The van der Waals surface area contributed by atoms with Crippen molar-refractivity contribution in [1.29, 1.82) is 0 Å². The molecular weight excluding hydrogens is 306 g/mol. The molecule has 3 heterocycles. The van der Waals surface area contributed by atoms with Crippen molar-refractivity contribution in [1.82, 2.24) is 4.90 Å². The van der Waals surface area contributed by atoms with Crippen molar-refractivity contribution >= 4 is 23.6 Å². The van der Waals surface area contributed by atoms with Crippen molar-refractivity contribution in [2.75, 3.05) is 13.2 Å². The SMILES string of the molecule is C=CCOC(=O)C1=C([C@H]2CCCO2)S[C@H]2[C@H]([C@H](C)O)C(=O)N12. The number of carbonyl (C=O) groups is 2. The van der Waals surface area contributed by atoms with E-state index < -0.39 is 18.0 Å². The number of carbonyl (C=O) groups excluding carboxylic acids is 2. The molecule has 0 radical (unpaired) electrons. The summed E-state index contributed by atoms with van der Waals surface area (Å²) in [5.41, 5.74) is 0.283. The molecule has 0 spiro atoms. The lowest BCUT2D eigenvalue weighted by Crippen LogP contribution is -2.60. The van der Waals surface area contributed by atoms with Crippen molar-refractivity contribution < 1.29 is 24.2 Å². The molecule has 0 unspecified atom stereocenters. The predicted molar refractivity (Wildman–Crippen MR) is 80.6 cm³/mol. The molecule has 0 saturated carbocycles. The molecule has 120 valence electrons. The number of aliphatic hydroxyl groups excluding tert-OH is 1. The highest BCUT2D eigenvalue weighted by molar-refractivity contribution is 8.04. The summed E-state index contributed by atoms with van der Waals surface area (Å²) >= 11 is 1.44. The van der Waals surface area contributed by atoms with Gasteiger partial charge in [0.2, 0.25) is 5.91 Å². The monoisotopic (exact) mass is 325 g/mol. The second kappa shape index (κ2) is 6.06. The maximum Gasteiger partial charge on any atom is 0.356 e. The van der Waals surface area contributed by atoms with Crippen LogP contribution in [0.3, 0.4) is 0 Å². The van der Waals surface area contributed by atoms with Gasteiger partial charge in [0.1, 0.15) is 17.7 Å². The van der Waals surface area contributed by atoms with Crippen LogP contribution in [-0.4, -0.2) is 52.7 Å². The van der Waals surface area contributed by atoms with Gasteiger partial charge in [0.15, 0.2) is 0 Å². The van der Waals surface area contributed by atoms with Gasteiger partial charge in [-0.2, -0.15) is 0 Å². The first kappa shape index (κ1) is 15.6. The fourth-order valence-corrected chi connectivity index (χ4v) is 4.71. The van der Waals surface area contributed by atoms with E-state index in [2.05, 4.69) is 6.58 Å². The molecule has 4 atom stereocenters. The number of nitrogens with zero attached hydrogens (tertiary/aromatic N) is 1. The number of thioether (sulfide) groups is 1. The number of amides is 1. The van der Waals surface area contributed by atoms with Crippen LogP contribution in [0.5, 0.6) is 0 Å². The van der Waals surface area contributed by atoms with Crippen LogP contribution in [0.1, 0.15) is 19.8 Å². The van der Waals surface area contributed by atoms with Crippen LogP contribution in [0, 0.1) is 5.92 Å². The van der Waals surface area contributed by atoms with Crippen LogP contribution in [0.15, 0.2) is 23.3 Å². The number of fused-ring (bicyclic) bond motifs is 1. The lowest BCUT2D eigenvalue weighted by atomic mass is 9.92. The standard InChI is InChI=1S/C15H19NO5S/c1-3-6-21-15(19)11-12(9-5-4-7-20-9)22-14-10(8(2)17)13(18)16(11)14/h3,8-10,14,17H,1,4-7H2,2H3/t8-,9+,10+,14-/m0/s1. The summed E-state index contributed by atoms with van der Waals surface area (Å²) in [6.45, 7) is 5.87. The third-order valence-corrected chi connectivity index (χ3v) is 5.53. The van der Waals surface area contributed by atoms with Crippen LogP contribution in [0.25, 0.3) is 0 Å². The molecule has 0 bridgehead atoms. The van der Waals surface area contributed by atoms with Gasteiger partial charge < -0.3 is 14.6 Å². The van der Waals surface area contributed by atoms with Crippen LogP contribution in [0.2, 0.25) is 0 Å². The summed E-state index contributed by atoms with van der Waals surface area (Å²) < 4.78 is 10.8. The molecule has 0 aromatic rings. The minimum absolute atomic E-state index is 0.0956. The largest absolute Gasteiger partial charge is 0.457 e. The Morgan fingerprint density at radius 1 is 1.68 bits per heavy atom. The van der Waals surface area contributed by atoms with E-state index in [9.17, 15) is 14.7 Å². The average Bonchev–Trinajstić information content (AvgIpc) is 3.09. The zero-order valence-corrected chi connectivity index (χ0v) is 13.2. The highest BCUT2D eigenvalue weighted by Crippen LogP contribution is 2.52. The van der Waals surface area contributed by atoms with Crippen molar-refractivity contribution in [3.8, 4) is 0 Å². The maximum absolute atomic E-state index is 12.3. The summed E-state index contributed by atoms with van der Waals surface area (Å²) in [7, 11) is 0. The van der Waals surface area contributed by atoms with E-state index >= 15 is 0 Å². The van der Waals surface area contributed by atoms with Gasteiger partial charge in [0.25, 0.3) is 0 Å². The second-order valence-corrected chi connectivity index (χ2v) is 6.74. The van der Waals surface area contributed by atoms with Gasteiger partial charge in [-0.15, -0.1) is 0 Å². The van der Waals surface area contributed by atoms with E-state index in [0.717, 1.165) is 17.7 Å². The van der Waals surface area contributed by atoms with Crippen LogP contribution in [0.4, 0.5) is 0 Å². The summed E-state index contributed by atoms with van der Waals surface area (Å²) in [6.07, 6.45) is 2.34. The van der Waals surface area contributed by atoms with Gasteiger partial charge >= 0.3 is 5.97 Å². The molecule has 3 rings (SSSR count). The van der Waals surface area contributed by atoms with Crippen LogP contribution >= 0.6 is 11.8 Å². The number of rotatable bonds is 5. The summed E-state index contributed by atoms with van der Waals surface area (Å²) in [6, 6.07) is 0. The van der Waals surface area contributed by atoms with E-state index in [4.69, 9.17) is 9.47 Å². The predicted octanol–water partition coefficient (Wildman–Crippen LogP) is 1.02. The fourth-order valence-electron chi connectivity index (χ4n) is 3.01. The molecule has 1 amide bonds. The molecule has 2 saturated heterocycles. The first-order valence-corrected chi connectivity index (χ1v) is 8.25. The smallest absolute Gasteiger partial charge is 0.356 e. The van der Waals surface area contributed by atoms with Crippen molar-refractivity contribution in [2.45, 2.75) is 37.3 Å². The van der Waals surface area contributed by atoms with E-state index in [1.54, 1.807) is 6.92 Å².